The second kappa shape index (κ2) is 61.7. The van der Waals surface area contributed by atoms with Gasteiger partial charge in [-0.2, -0.15) is 0 Å². The number of allylic oxidation sites excluding steroid dienone is 2. The Morgan fingerprint density at radius 1 is 0.264 bits per heavy atom. The molecule has 0 aliphatic rings. The molecule has 0 fully saturated rings. The minimum Gasteiger partial charge on any atom is -0.462 e. The van der Waals surface area contributed by atoms with Crippen LogP contribution < -0.4 is 0 Å². The summed E-state index contributed by atoms with van der Waals surface area (Å²) in [5.74, 6) is -0.839. The van der Waals surface area contributed by atoms with Crippen molar-refractivity contribution < 1.29 is 28.6 Å². The average molecular weight is 1020 g/mol. The van der Waals surface area contributed by atoms with Gasteiger partial charge in [0.15, 0.2) is 6.10 Å². The Hall–Kier alpha value is -1.85. The lowest BCUT2D eigenvalue weighted by Gasteiger charge is -2.18. The van der Waals surface area contributed by atoms with E-state index in [4.69, 9.17) is 14.2 Å². The first-order valence-corrected chi connectivity index (χ1v) is 32.7. The predicted octanol–water partition coefficient (Wildman–Crippen LogP) is 22.1. The summed E-state index contributed by atoms with van der Waals surface area (Å²) in [5.41, 5.74) is 0. The van der Waals surface area contributed by atoms with Crippen molar-refractivity contribution in [2.45, 2.75) is 380 Å². The molecule has 6 heteroatoms. The van der Waals surface area contributed by atoms with Crippen LogP contribution in [-0.2, 0) is 28.6 Å². The van der Waals surface area contributed by atoms with Crippen molar-refractivity contribution in [2.24, 2.45) is 0 Å². The summed E-state index contributed by atoms with van der Waals surface area (Å²) >= 11 is 0. The van der Waals surface area contributed by atoms with E-state index in [0.717, 1.165) is 57.8 Å². The molecule has 1 unspecified atom stereocenters. The lowest BCUT2D eigenvalue weighted by Crippen LogP contribution is -2.30. The third kappa shape index (κ3) is 59.0. The fourth-order valence-corrected chi connectivity index (χ4v) is 10.1. The van der Waals surface area contributed by atoms with E-state index in [2.05, 4.69) is 32.9 Å². The molecule has 1 atom stereocenters. The Morgan fingerprint density at radius 2 is 0.458 bits per heavy atom. The first-order chi connectivity index (χ1) is 35.5. The quantitative estimate of drug-likeness (QED) is 0.0261. The van der Waals surface area contributed by atoms with Crippen molar-refractivity contribution >= 4 is 17.9 Å². The summed E-state index contributed by atoms with van der Waals surface area (Å²) in [6, 6.07) is 0. The van der Waals surface area contributed by atoms with Crippen molar-refractivity contribution in [3.8, 4) is 0 Å². The van der Waals surface area contributed by atoms with Gasteiger partial charge >= 0.3 is 17.9 Å². The van der Waals surface area contributed by atoms with Crippen molar-refractivity contribution in [2.75, 3.05) is 13.2 Å². The van der Waals surface area contributed by atoms with Crippen LogP contribution in [0.15, 0.2) is 12.2 Å². The van der Waals surface area contributed by atoms with Gasteiger partial charge in [-0.25, -0.2) is 0 Å². The lowest BCUT2D eigenvalue weighted by atomic mass is 10.0. The van der Waals surface area contributed by atoms with E-state index in [1.54, 1.807) is 0 Å². The summed E-state index contributed by atoms with van der Waals surface area (Å²) < 4.78 is 16.9. The average Bonchev–Trinajstić information content (AvgIpc) is 3.38. The van der Waals surface area contributed by atoms with Crippen LogP contribution in [-0.4, -0.2) is 37.2 Å². The lowest BCUT2D eigenvalue weighted by molar-refractivity contribution is -0.167. The first-order valence-electron chi connectivity index (χ1n) is 32.7. The maximum absolute atomic E-state index is 12.9. The Balaban J connectivity index is 4.15. The molecule has 0 saturated heterocycles. The van der Waals surface area contributed by atoms with Crippen LogP contribution >= 0.6 is 0 Å². The summed E-state index contributed by atoms with van der Waals surface area (Å²) in [7, 11) is 0. The molecule has 0 aromatic heterocycles. The monoisotopic (exact) mass is 1010 g/mol. The molecular formula is C66H126O6. The van der Waals surface area contributed by atoms with Crippen LogP contribution in [0.2, 0.25) is 0 Å². The number of hydrogen-bond donors (Lipinski definition) is 0. The molecule has 0 heterocycles. The number of rotatable bonds is 61. The molecule has 0 aromatic carbocycles. The highest BCUT2D eigenvalue weighted by Gasteiger charge is 2.19. The van der Waals surface area contributed by atoms with Crippen LogP contribution in [0.25, 0.3) is 0 Å². The Kier molecular flexibility index (Phi) is 60.1. The molecule has 72 heavy (non-hydrogen) atoms. The Labute approximate surface area is 450 Å². The van der Waals surface area contributed by atoms with Gasteiger partial charge in [0.2, 0.25) is 0 Å². The Bertz CT molecular complexity index is 1120. The van der Waals surface area contributed by atoms with Crippen molar-refractivity contribution in [1.29, 1.82) is 0 Å². The van der Waals surface area contributed by atoms with Crippen LogP contribution in [0.3, 0.4) is 0 Å². The van der Waals surface area contributed by atoms with Gasteiger partial charge in [0, 0.05) is 19.3 Å². The number of unbranched alkanes of at least 4 members (excludes halogenated alkanes) is 48. The second-order valence-electron chi connectivity index (χ2n) is 22.4. The first kappa shape index (κ1) is 70.1. The van der Waals surface area contributed by atoms with Gasteiger partial charge in [-0.05, 0) is 44.9 Å². The molecule has 0 spiro atoms. The van der Waals surface area contributed by atoms with Crippen LogP contribution in [0.1, 0.15) is 374 Å². The van der Waals surface area contributed by atoms with Crippen LogP contribution in [0.4, 0.5) is 0 Å². The number of carbonyl (C=O) groups is 3. The fourth-order valence-electron chi connectivity index (χ4n) is 10.1. The predicted molar refractivity (Wildman–Crippen MR) is 312 cm³/mol. The van der Waals surface area contributed by atoms with Gasteiger partial charge in [0.1, 0.15) is 13.2 Å². The minimum absolute atomic E-state index is 0.0645. The van der Waals surface area contributed by atoms with Crippen molar-refractivity contribution in [3.05, 3.63) is 12.2 Å². The summed E-state index contributed by atoms with van der Waals surface area (Å²) in [5, 5.41) is 0. The van der Waals surface area contributed by atoms with Gasteiger partial charge in [0.25, 0.3) is 0 Å². The molecule has 426 valence electrons. The number of ether oxygens (including phenoxy) is 3. The molecule has 0 N–H and O–H groups in total. The van der Waals surface area contributed by atoms with Crippen LogP contribution in [0, 0.1) is 0 Å². The second-order valence-corrected chi connectivity index (χ2v) is 22.4. The molecule has 6 nitrogen and oxygen atoms in total. The van der Waals surface area contributed by atoms with E-state index in [9.17, 15) is 14.4 Å². The van der Waals surface area contributed by atoms with E-state index in [1.807, 2.05) is 0 Å². The van der Waals surface area contributed by atoms with E-state index in [1.165, 1.54) is 276 Å². The molecule has 0 bridgehead atoms. The largest absolute Gasteiger partial charge is 0.462 e. The van der Waals surface area contributed by atoms with Gasteiger partial charge in [-0.15, -0.1) is 0 Å². The summed E-state index contributed by atoms with van der Waals surface area (Å²) in [6.07, 6.45) is 72.3. The SMILES string of the molecule is CCCCCCCC/C=C\CCCCCCCCCCCC(=O)OC(COC(=O)CCCCCCCCCCCC)COC(=O)CCCCCCCCCCCCCCCCCCCCCCCCCCC. The molecule has 0 saturated carbocycles. The van der Waals surface area contributed by atoms with E-state index in [-0.39, 0.29) is 31.1 Å². The third-order valence-corrected chi connectivity index (χ3v) is 15.0. The molecule has 0 rings (SSSR count). The third-order valence-electron chi connectivity index (χ3n) is 15.0. The fraction of sp³-hybridized carbons (Fsp3) is 0.924. The maximum atomic E-state index is 12.9. The minimum atomic E-state index is -0.766. The van der Waals surface area contributed by atoms with E-state index in [0.29, 0.717) is 19.3 Å². The molecule has 0 aromatic rings. The van der Waals surface area contributed by atoms with Crippen molar-refractivity contribution in [1.82, 2.24) is 0 Å². The molecule has 0 aliphatic heterocycles. The molecule has 0 radical (unpaired) electrons. The normalized spacial score (nSPS) is 12.0. The standard InChI is InChI=1S/C66H126O6/c1-4-7-10-13-16-19-22-24-26-28-30-31-32-33-34-35-37-38-40-42-44-47-50-53-56-59-65(68)71-62-63(61-70-64(67)58-55-52-49-46-21-18-15-12-9-6-3)72-66(69)60-57-54-51-48-45-43-41-39-36-29-27-25-23-20-17-14-11-8-5-2/h25,27,63H,4-24,26,28-62H2,1-3H3/b27-25-. The number of hydrogen-bond acceptors (Lipinski definition) is 6. The highest BCUT2D eigenvalue weighted by atomic mass is 16.6. The zero-order chi connectivity index (χ0) is 52.2. The highest BCUT2D eigenvalue weighted by Crippen LogP contribution is 2.18. The number of esters is 3. The van der Waals surface area contributed by atoms with Gasteiger partial charge in [-0.3, -0.25) is 14.4 Å². The van der Waals surface area contributed by atoms with Crippen molar-refractivity contribution in [3.63, 3.8) is 0 Å². The molecular weight excluding hydrogens is 889 g/mol. The number of carbonyl (C=O) groups excluding carboxylic acids is 3. The van der Waals surface area contributed by atoms with Gasteiger partial charge in [0.05, 0.1) is 0 Å². The highest BCUT2D eigenvalue weighted by molar-refractivity contribution is 5.71. The van der Waals surface area contributed by atoms with Crippen LogP contribution in [0.5, 0.6) is 0 Å². The zero-order valence-corrected chi connectivity index (χ0v) is 49.0. The van der Waals surface area contributed by atoms with Gasteiger partial charge < -0.3 is 14.2 Å². The molecule has 0 aliphatic carbocycles. The molecule has 0 amide bonds. The topological polar surface area (TPSA) is 78.9 Å². The maximum Gasteiger partial charge on any atom is 0.306 e. The Morgan fingerprint density at radius 3 is 0.694 bits per heavy atom. The summed E-state index contributed by atoms with van der Waals surface area (Å²) in [4.78, 5) is 38.2. The summed E-state index contributed by atoms with van der Waals surface area (Å²) in [6.45, 7) is 6.70. The smallest absolute Gasteiger partial charge is 0.306 e. The van der Waals surface area contributed by atoms with E-state index < -0.39 is 6.10 Å². The van der Waals surface area contributed by atoms with Gasteiger partial charge in [-0.1, -0.05) is 322 Å². The zero-order valence-electron chi connectivity index (χ0n) is 49.0. The van der Waals surface area contributed by atoms with E-state index >= 15 is 0 Å².